The summed E-state index contributed by atoms with van der Waals surface area (Å²) < 4.78 is 18.1. The molecule has 6 rings (SSSR count). The summed E-state index contributed by atoms with van der Waals surface area (Å²) in [5.74, 6) is 1.01. The highest BCUT2D eigenvalue weighted by atomic mass is 16.5. The van der Waals surface area contributed by atoms with E-state index in [4.69, 9.17) is 14.2 Å². The number of benzene rings is 4. The van der Waals surface area contributed by atoms with Gasteiger partial charge in [0.15, 0.2) is 0 Å². The predicted molar refractivity (Wildman–Crippen MR) is 185 cm³/mol. The summed E-state index contributed by atoms with van der Waals surface area (Å²) in [5.41, 5.74) is 5.28. The number of amides is 4. The molecule has 4 aromatic carbocycles. The standard InChI is InChI=1S/C40H40N2O7/c1-23(2)29-11-7-25(5)19-35(29)47-17-15-41-37(43)31-13-9-27(21-33(31)39(41)45)49-28-10-14-32-34(22-28)40(46)42(38(32)44)16-18-48-36-20-26(6)8-12-30(36)24(3)4/h7-14,19-24H,15-18H2,1-6H3. The molecule has 0 aliphatic carbocycles. The van der Waals surface area contributed by atoms with Crippen LogP contribution in [0.3, 0.4) is 0 Å². The quantitative estimate of drug-likeness (QED) is 0.144. The van der Waals surface area contributed by atoms with E-state index in [1.165, 1.54) is 21.9 Å². The van der Waals surface area contributed by atoms with E-state index < -0.39 is 23.6 Å². The summed E-state index contributed by atoms with van der Waals surface area (Å²) in [6.45, 7) is 12.8. The van der Waals surface area contributed by atoms with Gasteiger partial charge in [-0.25, -0.2) is 0 Å². The van der Waals surface area contributed by atoms with Gasteiger partial charge in [0.25, 0.3) is 23.6 Å². The van der Waals surface area contributed by atoms with E-state index in [9.17, 15) is 19.2 Å². The van der Waals surface area contributed by atoms with Crippen LogP contribution < -0.4 is 14.2 Å². The fourth-order valence-electron chi connectivity index (χ4n) is 6.19. The van der Waals surface area contributed by atoms with Gasteiger partial charge in [0, 0.05) is 0 Å². The van der Waals surface area contributed by atoms with Gasteiger partial charge in [0.1, 0.15) is 36.2 Å². The first-order valence-electron chi connectivity index (χ1n) is 16.6. The number of rotatable bonds is 12. The largest absolute Gasteiger partial charge is 0.491 e. The molecule has 4 aromatic rings. The van der Waals surface area contributed by atoms with Crippen molar-refractivity contribution in [1.82, 2.24) is 9.80 Å². The van der Waals surface area contributed by atoms with E-state index in [-0.39, 0.29) is 60.4 Å². The zero-order valence-electron chi connectivity index (χ0n) is 28.7. The predicted octanol–water partition coefficient (Wildman–Crippen LogP) is 7.69. The third-order valence-electron chi connectivity index (χ3n) is 8.85. The Morgan fingerprint density at radius 1 is 0.510 bits per heavy atom. The molecule has 0 unspecified atom stereocenters. The Labute approximate surface area is 286 Å². The summed E-state index contributed by atoms with van der Waals surface area (Å²) >= 11 is 0. The minimum absolute atomic E-state index is 0.0976. The molecule has 49 heavy (non-hydrogen) atoms. The Kier molecular flexibility index (Phi) is 9.28. The lowest BCUT2D eigenvalue weighted by Crippen LogP contribution is -2.33. The van der Waals surface area contributed by atoms with Crippen LogP contribution in [0.15, 0.2) is 72.8 Å². The highest BCUT2D eigenvalue weighted by molar-refractivity contribution is 6.22. The lowest BCUT2D eigenvalue weighted by molar-refractivity contribution is 0.0617. The monoisotopic (exact) mass is 660 g/mol. The molecule has 4 amide bonds. The fourth-order valence-corrected chi connectivity index (χ4v) is 6.19. The van der Waals surface area contributed by atoms with Gasteiger partial charge in [0.2, 0.25) is 0 Å². The van der Waals surface area contributed by atoms with Crippen molar-refractivity contribution < 1.29 is 33.4 Å². The van der Waals surface area contributed by atoms with Gasteiger partial charge in [0.05, 0.1) is 35.3 Å². The summed E-state index contributed by atoms with van der Waals surface area (Å²) in [7, 11) is 0. The van der Waals surface area contributed by atoms with Crippen LogP contribution in [0.5, 0.6) is 23.0 Å². The second kappa shape index (κ2) is 13.6. The zero-order chi connectivity index (χ0) is 35.0. The third kappa shape index (κ3) is 6.66. The van der Waals surface area contributed by atoms with E-state index >= 15 is 0 Å². The maximum atomic E-state index is 13.3. The summed E-state index contributed by atoms with van der Waals surface area (Å²) in [4.78, 5) is 55.2. The van der Waals surface area contributed by atoms with Gasteiger partial charge < -0.3 is 14.2 Å². The molecule has 0 radical (unpaired) electrons. The average molecular weight is 661 g/mol. The minimum Gasteiger partial charge on any atom is -0.491 e. The normalized spacial score (nSPS) is 13.9. The Bertz CT molecular complexity index is 1840. The van der Waals surface area contributed by atoms with Crippen molar-refractivity contribution >= 4 is 23.6 Å². The lowest BCUT2D eigenvalue weighted by atomic mass is 10.0. The molecule has 0 N–H and O–H groups in total. The summed E-state index contributed by atoms with van der Waals surface area (Å²) in [6.07, 6.45) is 0. The Hall–Kier alpha value is -5.44. The second-order valence-corrected chi connectivity index (χ2v) is 13.1. The first-order valence-corrected chi connectivity index (χ1v) is 16.6. The molecular formula is C40H40N2O7. The van der Waals surface area contributed by atoms with Crippen molar-refractivity contribution in [2.75, 3.05) is 26.3 Å². The average Bonchev–Trinajstić information content (AvgIpc) is 3.44. The van der Waals surface area contributed by atoms with Crippen LogP contribution in [0.25, 0.3) is 0 Å². The SMILES string of the molecule is Cc1ccc(C(C)C)c(OCCN2C(=O)c3ccc(Oc4ccc5c(c4)C(=O)N(CCOc4cc(C)ccc4C(C)C)C5=O)cc3C2=O)c1. The molecule has 0 bridgehead atoms. The van der Waals surface area contributed by atoms with Crippen molar-refractivity contribution in [1.29, 1.82) is 0 Å². The maximum Gasteiger partial charge on any atom is 0.261 e. The van der Waals surface area contributed by atoms with Gasteiger partial charge in [-0.05, 0) is 96.5 Å². The van der Waals surface area contributed by atoms with E-state index in [1.54, 1.807) is 24.3 Å². The number of hydrogen-bond acceptors (Lipinski definition) is 7. The van der Waals surface area contributed by atoms with Gasteiger partial charge >= 0.3 is 0 Å². The topological polar surface area (TPSA) is 102 Å². The van der Waals surface area contributed by atoms with Gasteiger partial charge in [-0.1, -0.05) is 52.0 Å². The number of fused-ring (bicyclic) bond motifs is 2. The number of ether oxygens (including phenoxy) is 3. The zero-order valence-corrected chi connectivity index (χ0v) is 28.7. The second-order valence-electron chi connectivity index (χ2n) is 13.1. The van der Waals surface area contributed by atoms with Crippen molar-refractivity contribution in [3.63, 3.8) is 0 Å². The van der Waals surface area contributed by atoms with E-state index in [1.807, 2.05) is 50.2 Å². The summed E-state index contributed by atoms with van der Waals surface area (Å²) in [6, 6.07) is 21.4. The van der Waals surface area contributed by atoms with Crippen molar-refractivity contribution in [2.45, 2.75) is 53.4 Å². The molecular weight excluding hydrogens is 620 g/mol. The number of hydrogen-bond donors (Lipinski definition) is 0. The molecule has 2 aliphatic heterocycles. The number of carbonyl (C=O) groups is 4. The molecule has 9 nitrogen and oxygen atoms in total. The van der Waals surface area contributed by atoms with Gasteiger partial charge in [-0.15, -0.1) is 0 Å². The lowest BCUT2D eigenvalue weighted by Gasteiger charge is -2.17. The van der Waals surface area contributed by atoms with E-state index in [0.717, 1.165) is 33.8 Å². The smallest absolute Gasteiger partial charge is 0.261 e. The van der Waals surface area contributed by atoms with Crippen LogP contribution in [0.1, 0.15) is 103 Å². The van der Waals surface area contributed by atoms with E-state index in [2.05, 4.69) is 27.7 Å². The van der Waals surface area contributed by atoms with Crippen LogP contribution in [-0.2, 0) is 0 Å². The molecule has 0 atom stereocenters. The molecule has 0 fully saturated rings. The molecule has 9 heteroatoms. The highest BCUT2D eigenvalue weighted by Gasteiger charge is 2.37. The molecule has 2 aliphatic rings. The highest BCUT2D eigenvalue weighted by Crippen LogP contribution is 2.33. The Morgan fingerprint density at radius 3 is 1.29 bits per heavy atom. The van der Waals surface area contributed by atoms with E-state index in [0.29, 0.717) is 11.5 Å². The number of imide groups is 2. The molecule has 0 aromatic heterocycles. The van der Waals surface area contributed by atoms with Crippen LogP contribution in [0.2, 0.25) is 0 Å². The van der Waals surface area contributed by atoms with Crippen molar-refractivity contribution in [2.24, 2.45) is 0 Å². The molecule has 0 spiro atoms. The van der Waals surface area contributed by atoms with Gasteiger partial charge in [-0.3, -0.25) is 29.0 Å². The first kappa shape index (κ1) is 33.5. The molecule has 2 heterocycles. The third-order valence-corrected chi connectivity index (χ3v) is 8.85. The molecule has 0 saturated carbocycles. The summed E-state index contributed by atoms with van der Waals surface area (Å²) in [5, 5.41) is 0. The Morgan fingerprint density at radius 2 is 0.898 bits per heavy atom. The number of nitrogens with zero attached hydrogens (tertiary/aromatic N) is 2. The van der Waals surface area contributed by atoms with Crippen LogP contribution >= 0.6 is 0 Å². The number of carbonyl (C=O) groups excluding carboxylic acids is 4. The van der Waals surface area contributed by atoms with Crippen LogP contribution in [0, 0.1) is 13.8 Å². The van der Waals surface area contributed by atoms with Crippen molar-refractivity contribution in [3.8, 4) is 23.0 Å². The minimum atomic E-state index is -0.429. The molecule has 252 valence electrons. The van der Waals surface area contributed by atoms with Crippen LogP contribution in [-0.4, -0.2) is 59.7 Å². The van der Waals surface area contributed by atoms with Crippen LogP contribution in [0.4, 0.5) is 0 Å². The first-order chi connectivity index (χ1) is 23.4. The maximum absolute atomic E-state index is 13.3. The molecule has 0 saturated heterocycles. The van der Waals surface area contributed by atoms with Crippen molar-refractivity contribution in [3.05, 3.63) is 117 Å². The number of aryl methyl sites for hydroxylation is 2. The Balaban J connectivity index is 1.09. The fraction of sp³-hybridized carbons (Fsp3) is 0.300. The van der Waals surface area contributed by atoms with Gasteiger partial charge in [-0.2, -0.15) is 0 Å².